The van der Waals surface area contributed by atoms with Crippen molar-refractivity contribution >= 4 is 11.9 Å². The summed E-state index contributed by atoms with van der Waals surface area (Å²) in [6.07, 6.45) is 2.95. The van der Waals surface area contributed by atoms with Crippen molar-refractivity contribution in [2.45, 2.75) is 6.92 Å². The molecule has 20 heavy (non-hydrogen) atoms. The van der Waals surface area contributed by atoms with E-state index in [-0.39, 0.29) is 5.56 Å². The number of carbonyl (C=O) groups is 1. The molecule has 0 aromatic heterocycles. The second-order valence-electron chi connectivity index (χ2n) is 4.38. The van der Waals surface area contributed by atoms with Crippen molar-refractivity contribution in [3.8, 4) is 17.2 Å². The highest BCUT2D eigenvalue weighted by Gasteiger charge is 2.15. The maximum absolute atomic E-state index is 12.0. The second-order valence-corrected chi connectivity index (χ2v) is 4.38. The lowest BCUT2D eigenvalue weighted by Gasteiger charge is -2.04. The van der Waals surface area contributed by atoms with Crippen LogP contribution in [0.25, 0.3) is 6.08 Å². The van der Waals surface area contributed by atoms with Gasteiger partial charge >= 0.3 is 0 Å². The molecule has 0 spiro atoms. The molecule has 0 heterocycles. The van der Waals surface area contributed by atoms with Gasteiger partial charge in [0.05, 0.1) is 5.56 Å². The van der Waals surface area contributed by atoms with Gasteiger partial charge in [-0.1, -0.05) is 30.3 Å². The normalized spacial score (nSPS) is 10.8. The number of aryl methyl sites for hydroxylation is 1. The van der Waals surface area contributed by atoms with E-state index in [1.807, 2.05) is 31.2 Å². The number of hydrogen-bond acceptors (Lipinski definition) is 4. The number of phenolic OH excluding ortho intramolecular Hbond substituents is 3. The molecule has 2 rings (SSSR count). The van der Waals surface area contributed by atoms with Crippen LogP contribution in [0, 0.1) is 6.92 Å². The molecule has 0 fully saturated rings. The molecule has 0 bridgehead atoms. The molecule has 2 aromatic carbocycles. The van der Waals surface area contributed by atoms with E-state index < -0.39 is 23.0 Å². The average molecular weight is 270 g/mol. The number of hydrogen-bond donors (Lipinski definition) is 3. The fraction of sp³-hybridized carbons (Fsp3) is 0.0625. The van der Waals surface area contributed by atoms with Gasteiger partial charge in [-0.2, -0.15) is 0 Å². The molecular weight excluding hydrogens is 256 g/mol. The van der Waals surface area contributed by atoms with Crippen LogP contribution in [0.2, 0.25) is 0 Å². The van der Waals surface area contributed by atoms with Gasteiger partial charge in [-0.15, -0.1) is 0 Å². The monoisotopic (exact) mass is 270 g/mol. The first kappa shape index (κ1) is 13.7. The SMILES string of the molecule is Cc1ccccc1C=CC(=O)c1ccc(O)c(O)c1O. The lowest BCUT2D eigenvalue weighted by atomic mass is 10.0. The third kappa shape index (κ3) is 2.64. The van der Waals surface area contributed by atoms with Gasteiger partial charge in [-0.3, -0.25) is 4.79 Å². The fourth-order valence-corrected chi connectivity index (χ4v) is 1.80. The fourth-order valence-electron chi connectivity index (χ4n) is 1.80. The Balaban J connectivity index is 2.30. The molecule has 0 aliphatic rings. The molecule has 4 heteroatoms. The molecule has 2 aromatic rings. The van der Waals surface area contributed by atoms with Gasteiger partial charge in [-0.05, 0) is 36.3 Å². The zero-order valence-electron chi connectivity index (χ0n) is 10.9. The maximum atomic E-state index is 12.0. The Morgan fingerprint density at radius 1 is 1.00 bits per heavy atom. The Kier molecular flexibility index (Phi) is 3.75. The minimum Gasteiger partial charge on any atom is -0.504 e. The van der Waals surface area contributed by atoms with E-state index in [1.165, 1.54) is 12.1 Å². The highest BCUT2D eigenvalue weighted by Crippen LogP contribution is 2.37. The van der Waals surface area contributed by atoms with E-state index in [4.69, 9.17) is 0 Å². The second kappa shape index (κ2) is 5.48. The smallest absolute Gasteiger partial charge is 0.201 e. The van der Waals surface area contributed by atoms with Crippen LogP contribution < -0.4 is 0 Å². The molecule has 4 nitrogen and oxygen atoms in total. The van der Waals surface area contributed by atoms with Crippen molar-refractivity contribution in [2.24, 2.45) is 0 Å². The van der Waals surface area contributed by atoms with Crippen LogP contribution in [-0.4, -0.2) is 21.1 Å². The molecule has 102 valence electrons. The van der Waals surface area contributed by atoms with Crippen molar-refractivity contribution in [3.05, 3.63) is 59.2 Å². The standard InChI is InChI=1S/C16H14O4/c1-10-4-2-3-5-11(10)6-8-13(17)12-7-9-14(18)16(20)15(12)19/h2-9,18-20H,1H3. The van der Waals surface area contributed by atoms with E-state index in [2.05, 4.69) is 0 Å². The highest BCUT2D eigenvalue weighted by molar-refractivity contribution is 6.09. The molecule has 0 saturated carbocycles. The topological polar surface area (TPSA) is 77.8 Å². The number of rotatable bonds is 3. The van der Waals surface area contributed by atoms with Gasteiger partial charge in [0, 0.05) is 0 Å². The quantitative estimate of drug-likeness (QED) is 0.455. The van der Waals surface area contributed by atoms with E-state index in [1.54, 1.807) is 6.08 Å². The predicted molar refractivity (Wildman–Crippen MR) is 76.0 cm³/mol. The average Bonchev–Trinajstić information content (AvgIpc) is 2.44. The molecule has 3 N–H and O–H groups in total. The van der Waals surface area contributed by atoms with Crippen molar-refractivity contribution in [1.82, 2.24) is 0 Å². The molecule has 0 atom stereocenters. The lowest BCUT2D eigenvalue weighted by molar-refractivity contribution is 0.104. The summed E-state index contributed by atoms with van der Waals surface area (Å²) in [5, 5.41) is 28.2. The van der Waals surface area contributed by atoms with Crippen molar-refractivity contribution < 1.29 is 20.1 Å². The summed E-state index contributed by atoms with van der Waals surface area (Å²) in [6, 6.07) is 9.97. The van der Waals surface area contributed by atoms with Crippen molar-refractivity contribution in [2.75, 3.05) is 0 Å². The Morgan fingerprint density at radius 3 is 2.40 bits per heavy atom. The molecule has 0 amide bonds. The molecule has 0 aliphatic carbocycles. The summed E-state index contributed by atoms with van der Waals surface area (Å²) in [6.45, 7) is 1.92. The van der Waals surface area contributed by atoms with Crippen molar-refractivity contribution in [3.63, 3.8) is 0 Å². The van der Waals surface area contributed by atoms with Crippen LogP contribution in [0.4, 0.5) is 0 Å². The molecule has 0 saturated heterocycles. The maximum Gasteiger partial charge on any atom is 0.201 e. The number of allylic oxidation sites excluding steroid dienone is 1. The Hall–Kier alpha value is -2.75. The molecule has 0 unspecified atom stereocenters. The summed E-state index contributed by atoms with van der Waals surface area (Å²) in [5.74, 6) is -2.24. The minimum absolute atomic E-state index is 0.0647. The van der Waals surface area contributed by atoms with E-state index in [0.717, 1.165) is 17.2 Å². The number of carbonyl (C=O) groups excluding carboxylic acids is 1. The zero-order valence-corrected chi connectivity index (χ0v) is 10.9. The largest absolute Gasteiger partial charge is 0.504 e. The lowest BCUT2D eigenvalue weighted by Crippen LogP contribution is -1.95. The van der Waals surface area contributed by atoms with Gasteiger partial charge < -0.3 is 15.3 Å². The molecular formula is C16H14O4. The van der Waals surface area contributed by atoms with E-state index in [0.29, 0.717) is 0 Å². The summed E-state index contributed by atoms with van der Waals surface area (Å²) >= 11 is 0. The van der Waals surface area contributed by atoms with E-state index >= 15 is 0 Å². The zero-order chi connectivity index (χ0) is 14.7. The van der Waals surface area contributed by atoms with Crippen LogP contribution >= 0.6 is 0 Å². The van der Waals surface area contributed by atoms with Crippen molar-refractivity contribution in [1.29, 1.82) is 0 Å². The van der Waals surface area contributed by atoms with Gasteiger partial charge in [-0.25, -0.2) is 0 Å². The van der Waals surface area contributed by atoms with Gasteiger partial charge in [0.2, 0.25) is 5.75 Å². The highest BCUT2D eigenvalue weighted by atomic mass is 16.3. The van der Waals surface area contributed by atoms with Crippen LogP contribution in [0.5, 0.6) is 17.2 Å². The van der Waals surface area contributed by atoms with Gasteiger partial charge in [0.15, 0.2) is 17.3 Å². The van der Waals surface area contributed by atoms with Gasteiger partial charge in [0.25, 0.3) is 0 Å². The van der Waals surface area contributed by atoms with Crippen LogP contribution in [0.15, 0.2) is 42.5 Å². The molecule has 0 aliphatic heterocycles. The first-order chi connectivity index (χ1) is 9.50. The van der Waals surface area contributed by atoms with Crippen LogP contribution in [-0.2, 0) is 0 Å². The van der Waals surface area contributed by atoms with E-state index in [9.17, 15) is 20.1 Å². The summed E-state index contributed by atoms with van der Waals surface area (Å²) < 4.78 is 0. The summed E-state index contributed by atoms with van der Waals surface area (Å²) in [7, 11) is 0. The molecule has 0 radical (unpaired) electrons. The summed E-state index contributed by atoms with van der Waals surface area (Å²) in [4.78, 5) is 12.0. The Labute approximate surface area is 116 Å². The third-order valence-electron chi connectivity index (χ3n) is 3.00. The number of aromatic hydroxyl groups is 3. The first-order valence-corrected chi connectivity index (χ1v) is 6.02. The Morgan fingerprint density at radius 2 is 1.70 bits per heavy atom. The summed E-state index contributed by atoms with van der Waals surface area (Å²) in [5.41, 5.74) is 1.85. The Bertz CT molecular complexity index is 687. The van der Waals surface area contributed by atoms with Gasteiger partial charge in [0.1, 0.15) is 0 Å². The van der Waals surface area contributed by atoms with Crippen LogP contribution in [0.3, 0.4) is 0 Å². The first-order valence-electron chi connectivity index (χ1n) is 6.02. The van der Waals surface area contributed by atoms with Crippen LogP contribution in [0.1, 0.15) is 21.5 Å². The third-order valence-corrected chi connectivity index (χ3v) is 3.00. The number of ketones is 1. The predicted octanol–water partition coefficient (Wildman–Crippen LogP) is 3.01. The number of benzene rings is 2. The number of phenols is 3. The minimum atomic E-state index is -0.694.